The van der Waals surface area contributed by atoms with Crippen molar-refractivity contribution < 1.29 is 9.90 Å². The number of thioether (sulfide) groups is 1. The van der Waals surface area contributed by atoms with Crippen molar-refractivity contribution >= 4 is 59.4 Å². The van der Waals surface area contributed by atoms with Crippen molar-refractivity contribution in [3.63, 3.8) is 0 Å². The number of hydrogen-bond donors (Lipinski definition) is 2. The summed E-state index contributed by atoms with van der Waals surface area (Å²) in [5.74, 6) is -0.392. The Balaban J connectivity index is 1.98. The average Bonchev–Trinajstić information content (AvgIpc) is 3.04. The molecule has 0 saturated heterocycles. The largest absolute Gasteiger partial charge is 0.480 e. The van der Waals surface area contributed by atoms with E-state index >= 15 is 0 Å². The summed E-state index contributed by atoms with van der Waals surface area (Å²) in [6.07, 6.45) is 0. The number of carboxylic acid groups (broad SMARTS) is 1. The van der Waals surface area contributed by atoms with Gasteiger partial charge in [0.2, 0.25) is 0 Å². The van der Waals surface area contributed by atoms with Crippen LogP contribution in [0.2, 0.25) is 0 Å². The minimum absolute atomic E-state index is 0.485. The van der Waals surface area contributed by atoms with Crippen molar-refractivity contribution in [2.45, 2.75) is 6.04 Å². The highest BCUT2D eigenvalue weighted by Gasteiger charge is 2.26. The Labute approximate surface area is 119 Å². The Hall–Kier alpha value is -1.17. The first kappa shape index (κ1) is 12.8. The Morgan fingerprint density at radius 2 is 2.37 bits per heavy atom. The van der Waals surface area contributed by atoms with Gasteiger partial charge < -0.3 is 10.2 Å². The number of carboxylic acids is 1. The number of benzene rings is 1. The predicted molar refractivity (Wildman–Crippen MR) is 83.4 cm³/mol. The normalized spacial score (nSPS) is 18.6. The van der Waals surface area contributed by atoms with E-state index in [1.165, 1.54) is 23.1 Å². The zero-order chi connectivity index (χ0) is 13.4. The smallest absolute Gasteiger partial charge is 0.329 e. The van der Waals surface area contributed by atoms with Gasteiger partial charge >= 0.3 is 5.97 Å². The number of nitrogens with one attached hydrogen (secondary N) is 1. The first-order valence-corrected chi connectivity index (χ1v) is 7.86. The van der Waals surface area contributed by atoms with Crippen LogP contribution in [0.1, 0.15) is 5.01 Å². The second-order valence-electron chi connectivity index (χ2n) is 3.95. The van der Waals surface area contributed by atoms with Gasteiger partial charge in [-0.1, -0.05) is 0 Å². The molecule has 1 aromatic heterocycles. The molecule has 0 saturated carbocycles. The molecule has 2 aromatic rings. The number of thiazole rings is 1. The monoisotopic (exact) mass is 311 g/mol. The second kappa shape index (κ2) is 5.07. The van der Waals surface area contributed by atoms with Gasteiger partial charge in [0.05, 0.1) is 10.2 Å². The third kappa shape index (κ3) is 2.45. The van der Waals surface area contributed by atoms with Crippen LogP contribution in [0.15, 0.2) is 23.2 Å². The molecule has 0 amide bonds. The maximum absolute atomic E-state index is 10.9. The predicted octanol–water partition coefficient (Wildman–Crippen LogP) is 2.44. The van der Waals surface area contributed by atoms with E-state index in [0.717, 1.165) is 26.0 Å². The van der Waals surface area contributed by atoms with Crippen LogP contribution in [-0.4, -0.2) is 32.9 Å². The fourth-order valence-corrected chi connectivity index (χ4v) is 4.00. The summed E-state index contributed by atoms with van der Waals surface area (Å²) in [5, 5.41) is 13.5. The molecule has 19 heavy (non-hydrogen) atoms. The van der Waals surface area contributed by atoms with E-state index < -0.39 is 12.0 Å². The minimum atomic E-state index is -0.877. The van der Waals surface area contributed by atoms with Crippen LogP contribution >= 0.6 is 32.5 Å². The van der Waals surface area contributed by atoms with E-state index in [0.29, 0.717) is 5.75 Å². The van der Waals surface area contributed by atoms with Crippen LogP contribution in [0.4, 0.5) is 5.69 Å². The Kier molecular flexibility index (Phi) is 3.43. The van der Waals surface area contributed by atoms with E-state index in [9.17, 15) is 4.79 Å². The van der Waals surface area contributed by atoms with E-state index in [1.54, 1.807) is 0 Å². The zero-order valence-corrected chi connectivity index (χ0v) is 12.4. The van der Waals surface area contributed by atoms with Gasteiger partial charge in [-0.2, -0.15) is 0 Å². The third-order valence-corrected chi connectivity index (χ3v) is 5.22. The quantitative estimate of drug-likeness (QED) is 0.852. The molecule has 1 unspecified atom stereocenters. The topological polar surface area (TPSA) is 74.6 Å². The molecule has 8 heteroatoms. The van der Waals surface area contributed by atoms with Crippen LogP contribution in [0.5, 0.6) is 0 Å². The lowest BCUT2D eigenvalue weighted by molar-refractivity contribution is -0.137. The van der Waals surface area contributed by atoms with Gasteiger partial charge in [-0.15, -0.1) is 23.1 Å². The second-order valence-corrected chi connectivity index (χ2v) is 6.27. The molecule has 0 radical (unpaired) electrons. The highest BCUT2D eigenvalue weighted by molar-refractivity contribution is 8.15. The molecule has 5 nitrogen and oxygen atoms in total. The lowest BCUT2D eigenvalue weighted by atomic mass is 10.3. The van der Waals surface area contributed by atoms with Crippen molar-refractivity contribution in [1.82, 2.24) is 4.98 Å². The highest BCUT2D eigenvalue weighted by Crippen LogP contribution is 2.31. The molecular weight excluding hydrogens is 301 g/mol. The first-order chi connectivity index (χ1) is 9.17. The zero-order valence-electron chi connectivity index (χ0n) is 9.66. The molecule has 1 aliphatic heterocycles. The summed E-state index contributed by atoms with van der Waals surface area (Å²) < 4.78 is 1.06. The number of aliphatic carboxylic acids is 1. The van der Waals surface area contributed by atoms with Gasteiger partial charge in [0.25, 0.3) is 0 Å². The fourth-order valence-electron chi connectivity index (χ4n) is 1.72. The molecule has 1 aromatic carbocycles. The van der Waals surface area contributed by atoms with Crippen LogP contribution in [-0.2, 0) is 4.79 Å². The molecule has 98 valence electrons. The summed E-state index contributed by atoms with van der Waals surface area (Å²) in [7, 11) is 2.45. The third-order valence-electron chi connectivity index (χ3n) is 2.67. The van der Waals surface area contributed by atoms with E-state index in [4.69, 9.17) is 5.11 Å². The maximum Gasteiger partial charge on any atom is 0.329 e. The maximum atomic E-state index is 10.9. The SMILES string of the molecule is O=C(O)[C@H]1CSC(c2nc3ccc(NP)cc3s2)=N1. The molecular formula is C11H10N3O2PS2. The number of carbonyl (C=O) groups is 1. The number of hydrogen-bond acceptors (Lipinski definition) is 6. The average molecular weight is 311 g/mol. The van der Waals surface area contributed by atoms with Crippen molar-refractivity contribution in [2.24, 2.45) is 4.99 Å². The van der Waals surface area contributed by atoms with Crippen LogP contribution in [0, 0.1) is 0 Å². The van der Waals surface area contributed by atoms with E-state index in [1.807, 2.05) is 18.2 Å². The molecule has 1 aliphatic rings. The molecule has 0 fully saturated rings. The summed E-state index contributed by atoms with van der Waals surface area (Å²) in [5.41, 5.74) is 1.91. The van der Waals surface area contributed by atoms with Crippen molar-refractivity contribution in [1.29, 1.82) is 0 Å². The standard InChI is InChI=1S/C11H10N3O2PS2/c15-11(16)7-4-18-9(13-7)10-12-6-2-1-5(14-17)3-8(6)19-10/h1-3,7,14H,4,17H2,(H,15,16)/t7-/m1/s1. The summed E-state index contributed by atoms with van der Waals surface area (Å²) >= 11 is 2.99. The molecule has 0 spiro atoms. The molecule has 2 heterocycles. The van der Waals surface area contributed by atoms with Crippen molar-refractivity contribution in [3.8, 4) is 0 Å². The van der Waals surface area contributed by atoms with Gasteiger partial charge in [-0.25, -0.2) is 9.78 Å². The number of nitrogens with zero attached hydrogens (tertiary/aromatic N) is 2. The Morgan fingerprint density at radius 1 is 1.53 bits per heavy atom. The molecule has 0 aliphatic carbocycles. The molecule has 2 N–H and O–H groups in total. The Bertz CT molecular complexity index is 686. The molecule has 0 bridgehead atoms. The lowest BCUT2D eigenvalue weighted by Gasteiger charge is -1.96. The lowest BCUT2D eigenvalue weighted by Crippen LogP contribution is -2.17. The van der Waals surface area contributed by atoms with Gasteiger partial charge in [0.1, 0.15) is 10.1 Å². The first-order valence-electron chi connectivity index (χ1n) is 5.48. The van der Waals surface area contributed by atoms with Crippen LogP contribution in [0.3, 0.4) is 0 Å². The van der Waals surface area contributed by atoms with Crippen molar-refractivity contribution in [2.75, 3.05) is 10.8 Å². The number of rotatable bonds is 3. The van der Waals surface area contributed by atoms with E-state index in [-0.39, 0.29) is 0 Å². The summed E-state index contributed by atoms with van der Waals surface area (Å²) in [6, 6.07) is 5.26. The van der Waals surface area contributed by atoms with Crippen LogP contribution < -0.4 is 5.09 Å². The summed E-state index contributed by atoms with van der Waals surface area (Å²) in [4.78, 5) is 19.6. The number of fused-ring (bicyclic) bond motifs is 1. The number of aromatic nitrogens is 1. The minimum Gasteiger partial charge on any atom is -0.480 e. The van der Waals surface area contributed by atoms with Gasteiger partial charge in [0, 0.05) is 11.4 Å². The summed E-state index contributed by atoms with van der Waals surface area (Å²) in [6.45, 7) is 0. The fraction of sp³-hybridized carbons (Fsp3) is 0.182. The van der Waals surface area contributed by atoms with Gasteiger partial charge in [-0.05, 0) is 27.6 Å². The number of anilines is 1. The molecule has 2 atom stereocenters. The number of aliphatic imine (C=N–C) groups is 1. The Morgan fingerprint density at radius 3 is 3.05 bits per heavy atom. The molecule has 3 rings (SSSR count). The van der Waals surface area contributed by atoms with Gasteiger partial charge in [-0.3, -0.25) is 4.99 Å². The van der Waals surface area contributed by atoms with Crippen molar-refractivity contribution in [3.05, 3.63) is 23.2 Å². The highest BCUT2D eigenvalue weighted by atomic mass is 32.2. The van der Waals surface area contributed by atoms with Crippen LogP contribution in [0.25, 0.3) is 10.2 Å². The van der Waals surface area contributed by atoms with E-state index in [2.05, 4.69) is 24.5 Å². The van der Waals surface area contributed by atoms with Gasteiger partial charge in [0.15, 0.2) is 6.04 Å².